The molecule has 9 aromatic carbocycles. The van der Waals surface area contributed by atoms with Crippen molar-refractivity contribution in [1.82, 2.24) is 9.97 Å². The van der Waals surface area contributed by atoms with E-state index in [4.69, 9.17) is 9.97 Å². The molecule has 0 N–H and O–H groups in total. The summed E-state index contributed by atoms with van der Waals surface area (Å²) in [4.78, 5) is 13.0. The second kappa shape index (κ2) is 14.3. The van der Waals surface area contributed by atoms with Crippen LogP contribution in [0.25, 0.3) is 86.7 Å². The van der Waals surface area contributed by atoms with Gasteiger partial charge in [0.2, 0.25) is 0 Å². The van der Waals surface area contributed by atoms with E-state index in [9.17, 15) is 0 Å². The summed E-state index contributed by atoms with van der Waals surface area (Å²) < 4.78 is 2.57. The molecule has 0 saturated carbocycles. The Morgan fingerprint density at radius 2 is 0.948 bits per heavy atom. The molecule has 0 spiro atoms. The van der Waals surface area contributed by atoms with Gasteiger partial charge in [-0.2, -0.15) is 0 Å². The molecule has 0 unspecified atom stereocenters. The average Bonchev–Trinajstić information content (AvgIpc) is 3.68. The second-order valence-corrected chi connectivity index (χ2v) is 15.7. The lowest BCUT2D eigenvalue weighted by Gasteiger charge is -2.25. The van der Waals surface area contributed by atoms with Crippen LogP contribution in [0.4, 0.5) is 17.1 Å². The maximum atomic E-state index is 5.38. The Morgan fingerprint density at radius 3 is 1.66 bits per heavy atom. The molecule has 0 radical (unpaired) electrons. The van der Waals surface area contributed by atoms with Crippen LogP contribution in [0.2, 0.25) is 0 Å². The maximum absolute atomic E-state index is 5.38. The summed E-state index contributed by atoms with van der Waals surface area (Å²) >= 11 is 1.86. The summed E-state index contributed by atoms with van der Waals surface area (Å²) in [5, 5.41) is 4.82. The number of benzene rings is 9. The molecule has 0 saturated heterocycles. The summed E-state index contributed by atoms with van der Waals surface area (Å²) in [7, 11) is 0. The van der Waals surface area contributed by atoms with Gasteiger partial charge in [0.1, 0.15) is 0 Å². The third kappa shape index (κ3) is 5.99. The van der Waals surface area contributed by atoms with Gasteiger partial charge in [-0.25, -0.2) is 9.97 Å². The molecule has 0 aliphatic rings. The summed E-state index contributed by atoms with van der Waals surface area (Å²) in [6, 6.07) is 75.5. The second-order valence-electron chi connectivity index (χ2n) is 14.6. The van der Waals surface area contributed by atoms with E-state index in [1.54, 1.807) is 0 Å². The number of thiophene rings is 1. The lowest BCUT2D eigenvalue weighted by molar-refractivity contribution is 1.29. The van der Waals surface area contributed by atoms with Crippen molar-refractivity contribution in [2.45, 2.75) is 0 Å². The van der Waals surface area contributed by atoms with E-state index in [1.165, 1.54) is 31.3 Å². The summed E-state index contributed by atoms with van der Waals surface area (Å²) in [5.41, 5.74) is 13.8. The van der Waals surface area contributed by atoms with Gasteiger partial charge in [-0.15, -0.1) is 11.3 Å². The monoisotopic (exact) mass is 757 g/mol. The van der Waals surface area contributed by atoms with Gasteiger partial charge in [0.15, 0.2) is 0 Å². The van der Waals surface area contributed by atoms with Gasteiger partial charge in [-0.1, -0.05) is 158 Å². The smallest absolute Gasteiger partial charge is 0.0973 e. The molecular weight excluding hydrogens is 723 g/mol. The highest BCUT2D eigenvalue weighted by atomic mass is 32.1. The van der Waals surface area contributed by atoms with Crippen molar-refractivity contribution in [3.05, 3.63) is 212 Å². The summed E-state index contributed by atoms with van der Waals surface area (Å²) in [6.07, 6.45) is 0. The molecular formula is C54H35N3S. The standard InChI is InChI=1S/C54H35N3S/c1-5-14-37(15-6-1)45-22-13-23-49-51(45)46-32-31-44(35-50(46)58-49)57(42-20-11-4-12-21-42)43-29-26-36(27-30-43)41-25-24-38-28-33-48-54(47(38)34-41)56-53(40-18-9-3-10-19-40)52(55-48)39-16-7-2-8-17-39/h1-35H. The number of aromatic nitrogens is 2. The number of hydrogen-bond acceptors (Lipinski definition) is 4. The van der Waals surface area contributed by atoms with Gasteiger partial charge < -0.3 is 4.90 Å². The number of hydrogen-bond donors (Lipinski definition) is 0. The third-order valence-electron chi connectivity index (χ3n) is 11.0. The van der Waals surface area contributed by atoms with E-state index in [-0.39, 0.29) is 0 Å². The topological polar surface area (TPSA) is 29.0 Å². The Hall–Kier alpha value is -7.40. The van der Waals surface area contributed by atoms with Crippen LogP contribution in [-0.4, -0.2) is 9.97 Å². The van der Waals surface area contributed by atoms with E-state index in [0.29, 0.717) is 0 Å². The van der Waals surface area contributed by atoms with Crippen molar-refractivity contribution in [3.8, 4) is 44.8 Å². The zero-order chi connectivity index (χ0) is 38.4. The van der Waals surface area contributed by atoms with E-state index >= 15 is 0 Å². The van der Waals surface area contributed by atoms with Gasteiger partial charge in [-0.3, -0.25) is 0 Å². The van der Waals surface area contributed by atoms with Crippen LogP contribution in [-0.2, 0) is 0 Å². The van der Waals surface area contributed by atoms with E-state index < -0.39 is 0 Å². The molecule has 272 valence electrons. The van der Waals surface area contributed by atoms with Gasteiger partial charge in [0.05, 0.1) is 22.4 Å². The minimum Gasteiger partial charge on any atom is -0.310 e. The van der Waals surface area contributed by atoms with Crippen molar-refractivity contribution >= 4 is 70.4 Å². The van der Waals surface area contributed by atoms with Crippen molar-refractivity contribution in [1.29, 1.82) is 0 Å². The molecule has 0 bridgehead atoms. The molecule has 0 aliphatic carbocycles. The minimum absolute atomic E-state index is 0.879. The Kier molecular flexibility index (Phi) is 8.34. The molecule has 0 aliphatic heterocycles. The molecule has 0 fully saturated rings. The molecule has 11 aromatic rings. The molecule has 3 nitrogen and oxygen atoms in total. The van der Waals surface area contributed by atoms with Crippen molar-refractivity contribution in [2.24, 2.45) is 0 Å². The molecule has 2 heterocycles. The highest BCUT2D eigenvalue weighted by molar-refractivity contribution is 7.26. The SMILES string of the molecule is c1ccc(-c2nc3ccc4ccc(-c5ccc(N(c6ccccc6)c6ccc7c(c6)sc6cccc(-c8ccccc8)c67)cc5)cc4c3nc2-c2ccccc2)cc1. The first-order valence-corrected chi connectivity index (χ1v) is 20.4. The normalized spacial score (nSPS) is 11.4. The summed E-state index contributed by atoms with van der Waals surface area (Å²) in [5.74, 6) is 0. The quantitative estimate of drug-likeness (QED) is 0.152. The lowest BCUT2D eigenvalue weighted by Crippen LogP contribution is -2.09. The van der Waals surface area contributed by atoms with Crippen molar-refractivity contribution in [2.75, 3.05) is 4.90 Å². The predicted octanol–water partition coefficient (Wildman–Crippen LogP) is 15.3. The molecule has 2 aromatic heterocycles. The summed E-state index contributed by atoms with van der Waals surface area (Å²) in [6.45, 7) is 0. The number of rotatable bonds is 7. The minimum atomic E-state index is 0.879. The van der Waals surface area contributed by atoms with Crippen LogP contribution in [0.3, 0.4) is 0 Å². The third-order valence-corrected chi connectivity index (χ3v) is 12.2. The van der Waals surface area contributed by atoms with Crippen LogP contribution >= 0.6 is 11.3 Å². The Balaban J connectivity index is 0.997. The van der Waals surface area contributed by atoms with E-state index in [0.717, 1.165) is 72.5 Å². The highest BCUT2D eigenvalue weighted by Gasteiger charge is 2.18. The number of para-hydroxylation sites is 1. The number of fused-ring (bicyclic) bond motifs is 6. The Labute approximate surface area is 340 Å². The number of anilines is 3. The van der Waals surface area contributed by atoms with Gasteiger partial charge >= 0.3 is 0 Å². The molecule has 4 heteroatoms. The Morgan fingerprint density at radius 1 is 0.362 bits per heavy atom. The lowest BCUT2D eigenvalue weighted by atomic mass is 9.98. The van der Waals surface area contributed by atoms with Crippen LogP contribution in [0, 0.1) is 0 Å². The fraction of sp³-hybridized carbons (Fsp3) is 0. The van der Waals surface area contributed by atoms with Crippen molar-refractivity contribution < 1.29 is 0 Å². The molecule has 58 heavy (non-hydrogen) atoms. The predicted molar refractivity (Wildman–Crippen MR) is 246 cm³/mol. The van der Waals surface area contributed by atoms with Gasteiger partial charge in [-0.05, 0) is 82.2 Å². The van der Waals surface area contributed by atoms with Gasteiger partial charge in [0.25, 0.3) is 0 Å². The number of nitrogens with zero attached hydrogens (tertiary/aromatic N) is 3. The van der Waals surface area contributed by atoms with Crippen LogP contribution in [0.15, 0.2) is 212 Å². The highest BCUT2D eigenvalue weighted by Crippen LogP contribution is 2.44. The first-order valence-electron chi connectivity index (χ1n) is 19.6. The average molecular weight is 758 g/mol. The fourth-order valence-electron chi connectivity index (χ4n) is 8.25. The van der Waals surface area contributed by atoms with Crippen molar-refractivity contribution in [3.63, 3.8) is 0 Å². The largest absolute Gasteiger partial charge is 0.310 e. The fourth-order valence-corrected chi connectivity index (χ4v) is 9.42. The van der Waals surface area contributed by atoms with Crippen LogP contribution in [0.5, 0.6) is 0 Å². The van der Waals surface area contributed by atoms with Crippen LogP contribution in [0.1, 0.15) is 0 Å². The zero-order valence-electron chi connectivity index (χ0n) is 31.5. The molecule has 0 atom stereocenters. The van der Waals surface area contributed by atoms with E-state index in [1.807, 2.05) is 23.5 Å². The first kappa shape index (κ1) is 33.9. The Bertz CT molecular complexity index is 3250. The van der Waals surface area contributed by atoms with Crippen LogP contribution < -0.4 is 4.90 Å². The molecule has 0 amide bonds. The first-order chi connectivity index (χ1) is 28.7. The zero-order valence-corrected chi connectivity index (χ0v) is 32.3. The maximum Gasteiger partial charge on any atom is 0.0973 e. The van der Waals surface area contributed by atoms with Gasteiger partial charge in [0, 0.05) is 53.7 Å². The van der Waals surface area contributed by atoms with E-state index in [2.05, 4.69) is 205 Å². The molecule has 11 rings (SSSR count).